The first-order valence-electron chi connectivity index (χ1n) is 8.59. The lowest BCUT2D eigenvalue weighted by atomic mass is 9.80. The number of ether oxygens (including phenoxy) is 1. The van der Waals surface area contributed by atoms with Crippen LogP contribution in [0.5, 0.6) is 0 Å². The Hall–Kier alpha value is -1.69. The lowest BCUT2D eigenvalue weighted by Gasteiger charge is -2.35. The van der Waals surface area contributed by atoms with E-state index in [4.69, 9.17) is 9.72 Å². The summed E-state index contributed by atoms with van der Waals surface area (Å²) in [7, 11) is 3.89. The Morgan fingerprint density at radius 1 is 1.42 bits per heavy atom. The van der Waals surface area contributed by atoms with E-state index in [9.17, 15) is 4.79 Å². The quantitative estimate of drug-likeness (QED) is 0.829. The van der Waals surface area contributed by atoms with Gasteiger partial charge in [0.25, 0.3) is 0 Å². The van der Waals surface area contributed by atoms with Gasteiger partial charge in [0, 0.05) is 45.4 Å². The Morgan fingerprint density at radius 3 is 2.83 bits per heavy atom. The molecule has 0 aliphatic carbocycles. The van der Waals surface area contributed by atoms with Crippen molar-refractivity contribution in [2.45, 2.75) is 45.6 Å². The van der Waals surface area contributed by atoms with Crippen molar-refractivity contribution in [2.75, 3.05) is 38.7 Å². The maximum absolute atomic E-state index is 12.6. The standard InChI is InChI=1S/C18H28N4O2/c1-17(2,3)8-14(23)22-7-6-18(11-22)12-24-10-13-9-19-16(21(4)5)20-15(13)18/h9H,6-8,10-12H2,1-5H3. The van der Waals surface area contributed by atoms with Gasteiger partial charge in [0.2, 0.25) is 11.9 Å². The van der Waals surface area contributed by atoms with Crippen molar-refractivity contribution < 1.29 is 9.53 Å². The van der Waals surface area contributed by atoms with Crippen LogP contribution >= 0.6 is 0 Å². The summed E-state index contributed by atoms with van der Waals surface area (Å²) in [4.78, 5) is 25.7. The first kappa shape index (κ1) is 17.1. The molecule has 24 heavy (non-hydrogen) atoms. The molecule has 132 valence electrons. The van der Waals surface area contributed by atoms with Crippen LogP contribution in [0.4, 0.5) is 5.95 Å². The smallest absolute Gasteiger partial charge is 0.225 e. The Bertz CT molecular complexity index is 638. The van der Waals surface area contributed by atoms with Crippen molar-refractivity contribution in [3.63, 3.8) is 0 Å². The fourth-order valence-corrected chi connectivity index (χ4v) is 3.56. The number of fused-ring (bicyclic) bond motifs is 2. The van der Waals surface area contributed by atoms with E-state index in [-0.39, 0.29) is 16.7 Å². The third kappa shape index (κ3) is 3.24. The monoisotopic (exact) mass is 332 g/mol. The third-order valence-electron chi connectivity index (χ3n) is 4.78. The fourth-order valence-electron chi connectivity index (χ4n) is 3.56. The Kier molecular flexibility index (Phi) is 4.28. The average molecular weight is 332 g/mol. The van der Waals surface area contributed by atoms with Gasteiger partial charge in [-0.25, -0.2) is 9.97 Å². The lowest BCUT2D eigenvalue weighted by molar-refractivity contribution is -0.132. The van der Waals surface area contributed by atoms with Gasteiger partial charge in [-0.3, -0.25) is 4.79 Å². The molecule has 2 aliphatic rings. The molecule has 0 radical (unpaired) electrons. The van der Waals surface area contributed by atoms with Crippen LogP contribution in [0, 0.1) is 5.41 Å². The van der Waals surface area contributed by atoms with E-state index < -0.39 is 0 Å². The molecule has 0 bridgehead atoms. The number of likely N-dealkylation sites (tertiary alicyclic amines) is 1. The number of rotatable bonds is 2. The highest BCUT2D eigenvalue weighted by Gasteiger charge is 2.46. The van der Waals surface area contributed by atoms with Gasteiger partial charge in [0.05, 0.1) is 24.3 Å². The summed E-state index contributed by atoms with van der Waals surface area (Å²) in [5, 5.41) is 0. The minimum Gasteiger partial charge on any atom is -0.376 e. The van der Waals surface area contributed by atoms with Crippen LogP contribution in [0.25, 0.3) is 0 Å². The maximum atomic E-state index is 12.6. The summed E-state index contributed by atoms with van der Waals surface area (Å²) < 4.78 is 5.83. The second kappa shape index (κ2) is 5.99. The van der Waals surface area contributed by atoms with Gasteiger partial charge >= 0.3 is 0 Å². The minimum absolute atomic E-state index is 0.00801. The molecule has 1 aromatic heterocycles. The van der Waals surface area contributed by atoms with Gasteiger partial charge in [0.15, 0.2) is 0 Å². The van der Waals surface area contributed by atoms with Gasteiger partial charge in [0.1, 0.15) is 0 Å². The molecule has 1 aromatic rings. The Morgan fingerprint density at radius 2 is 2.17 bits per heavy atom. The molecule has 0 saturated carbocycles. The van der Waals surface area contributed by atoms with Crippen molar-refractivity contribution in [3.8, 4) is 0 Å². The van der Waals surface area contributed by atoms with Crippen molar-refractivity contribution in [2.24, 2.45) is 5.41 Å². The number of aromatic nitrogens is 2. The number of hydrogen-bond donors (Lipinski definition) is 0. The SMILES string of the molecule is CN(C)c1ncc2c(n1)C1(CCN(C(=O)CC(C)(C)C)C1)COC2. The normalized spacial score (nSPS) is 23.5. The molecule has 1 atom stereocenters. The van der Waals surface area contributed by atoms with E-state index in [1.54, 1.807) is 0 Å². The second-order valence-corrected chi connectivity index (χ2v) is 8.51. The fraction of sp³-hybridized carbons (Fsp3) is 0.722. The van der Waals surface area contributed by atoms with E-state index in [1.165, 1.54) is 0 Å². The molecule has 0 aromatic carbocycles. The zero-order valence-electron chi connectivity index (χ0n) is 15.4. The van der Waals surface area contributed by atoms with Crippen LogP contribution in [0.15, 0.2) is 6.20 Å². The second-order valence-electron chi connectivity index (χ2n) is 8.51. The molecule has 2 aliphatic heterocycles. The molecule has 0 N–H and O–H groups in total. The summed E-state index contributed by atoms with van der Waals surface area (Å²) in [6.07, 6.45) is 3.35. The summed E-state index contributed by atoms with van der Waals surface area (Å²) in [6.45, 7) is 8.97. The largest absolute Gasteiger partial charge is 0.376 e. The van der Waals surface area contributed by atoms with Crippen LogP contribution in [0.1, 0.15) is 44.9 Å². The predicted octanol–water partition coefficient (Wildman–Crippen LogP) is 1.98. The average Bonchev–Trinajstić information content (AvgIpc) is 2.91. The number of nitrogens with zero attached hydrogens (tertiary/aromatic N) is 4. The van der Waals surface area contributed by atoms with E-state index in [0.29, 0.717) is 26.2 Å². The van der Waals surface area contributed by atoms with Crippen molar-refractivity contribution in [3.05, 3.63) is 17.5 Å². The molecular weight excluding hydrogens is 304 g/mol. The first-order chi connectivity index (χ1) is 11.2. The van der Waals surface area contributed by atoms with Crippen LogP contribution in [-0.2, 0) is 21.6 Å². The van der Waals surface area contributed by atoms with Crippen LogP contribution < -0.4 is 4.90 Å². The number of carbonyl (C=O) groups is 1. The topological polar surface area (TPSA) is 58.6 Å². The molecule has 3 heterocycles. The van der Waals surface area contributed by atoms with Gasteiger partial charge in [-0.15, -0.1) is 0 Å². The molecule has 6 heteroatoms. The zero-order valence-corrected chi connectivity index (χ0v) is 15.4. The Balaban J connectivity index is 1.86. The number of amides is 1. The highest BCUT2D eigenvalue weighted by atomic mass is 16.5. The number of hydrogen-bond acceptors (Lipinski definition) is 5. The molecule has 6 nitrogen and oxygen atoms in total. The highest BCUT2D eigenvalue weighted by molar-refractivity contribution is 5.77. The van der Waals surface area contributed by atoms with E-state index in [1.807, 2.05) is 30.1 Å². The summed E-state index contributed by atoms with van der Waals surface area (Å²) in [5.41, 5.74) is 1.94. The molecular formula is C18H28N4O2. The predicted molar refractivity (Wildman–Crippen MR) is 93.0 cm³/mol. The molecule has 3 rings (SSSR count). The third-order valence-corrected chi connectivity index (χ3v) is 4.78. The van der Waals surface area contributed by atoms with Crippen LogP contribution in [0.2, 0.25) is 0 Å². The first-order valence-corrected chi connectivity index (χ1v) is 8.59. The zero-order chi connectivity index (χ0) is 17.5. The lowest BCUT2D eigenvalue weighted by Crippen LogP contribution is -2.42. The molecule has 1 spiro atoms. The van der Waals surface area contributed by atoms with Crippen LogP contribution in [-0.4, -0.2) is 54.6 Å². The van der Waals surface area contributed by atoms with Gasteiger partial charge in [-0.2, -0.15) is 0 Å². The van der Waals surface area contributed by atoms with E-state index >= 15 is 0 Å². The van der Waals surface area contributed by atoms with Crippen LogP contribution in [0.3, 0.4) is 0 Å². The van der Waals surface area contributed by atoms with Gasteiger partial charge in [-0.1, -0.05) is 20.8 Å². The molecule has 1 saturated heterocycles. The molecule has 1 fully saturated rings. The van der Waals surface area contributed by atoms with Crippen molar-refractivity contribution in [1.82, 2.24) is 14.9 Å². The van der Waals surface area contributed by atoms with Crippen molar-refractivity contribution in [1.29, 1.82) is 0 Å². The number of anilines is 1. The van der Waals surface area contributed by atoms with Gasteiger partial charge in [-0.05, 0) is 11.8 Å². The van der Waals surface area contributed by atoms with Crippen molar-refractivity contribution >= 4 is 11.9 Å². The summed E-state index contributed by atoms with van der Waals surface area (Å²) in [6, 6.07) is 0. The molecule has 1 amide bonds. The number of carbonyl (C=O) groups excluding carboxylic acids is 1. The summed E-state index contributed by atoms with van der Waals surface area (Å²) in [5.74, 6) is 0.947. The highest BCUT2D eigenvalue weighted by Crippen LogP contribution is 2.40. The van der Waals surface area contributed by atoms with E-state index in [2.05, 4.69) is 25.8 Å². The minimum atomic E-state index is -0.186. The van der Waals surface area contributed by atoms with E-state index in [0.717, 1.165) is 30.2 Å². The summed E-state index contributed by atoms with van der Waals surface area (Å²) >= 11 is 0. The molecule has 1 unspecified atom stereocenters. The maximum Gasteiger partial charge on any atom is 0.225 e. The Labute approximate surface area is 144 Å². The van der Waals surface area contributed by atoms with Gasteiger partial charge < -0.3 is 14.5 Å².